The van der Waals surface area contributed by atoms with Crippen LogP contribution in [0.1, 0.15) is 49.9 Å². The van der Waals surface area contributed by atoms with Crippen molar-refractivity contribution in [2.75, 3.05) is 14.2 Å². The number of fused-ring (bicyclic) bond motifs is 7. The average Bonchev–Trinajstić information content (AvgIpc) is 3.61. The highest BCUT2D eigenvalue weighted by Crippen LogP contribution is 2.52. The Balaban J connectivity index is 1.21. The summed E-state index contributed by atoms with van der Waals surface area (Å²) < 4.78 is 11.1. The third-order valence-corrected chi connectivity index (χ3v) is 12.3. The van der Waals surface area contributed by atoms with Crippen LogP contribution >= 0.6 is 0 Å². The molecule has 2 aromatic heterocycles. The van der Waals surface area contributed by atoms with Gasteiger partial charge < -0.3 is 9.47 Å². The molecule has 4 heteroatoms. The maximum atomic E-state index is 5.56. The van der Waals surface area contributed by atoms with E-state index in [0.717, 1.165) is 67.3 Å². The largest absolute Gasteiger partial charge is 0.497 e. The molecule has 0 atom stereocenters. The highest BCUT2D eigenvalue weighted by atomic mass is 16.5. The standard InChI is InChI=1S/C52H42N2O2/c1-51(2)43-13-9-7-11-37(43)39-25-19-33(27-45(39)51)49-41(31-15-21-35(55-5)22-16-31)29-48-47(53-49)30-42(32-17-23-36(56-6)24-18-32)50(54-48)34-20-26-40-38-12-8-10-14-44(38)52(3,4)46(40)28-34/h7-30H,1-6H3. The second kappa shape index (κ2) is 12.5. The first-order valence-corrected chi connectivity index (χ1v) is 19.3. The summed E-state index contributed by atoms with van der Waals surface area (Å²) in [5.41, 5.74) is 20.1. The van der Waals surface area contributed by atoms with Crippen molar-refractivity contribution in [1.82, 2.24) is 9.97 Å². The fraction of sp³-hybridized carbons (Fsp3) is 0.154. The van der Waals surface area contributed by atoms with Crippen molar-refractivity contribution in [3.8, 4) is 78.5 Å². The van der Waals surface area contributed by atoms with E-state index in [4.69, 9.17) is 19.4 Å². The van der Waals surface area contributed by atoms with E-state index in [1.807, 2.05) is 24.3 Å². The number of pyridine rings is 2. The van der Waals surface area contributed by atoms with Crippen LogP contribution in [0.25, 0.3) is 78.1 Å². The zero-order valence-electron chi connectivity index (χ0n) is 32.6. The van der Waals surface area contributed by atoms with Crippen molar-refractivity contribution >= 4 is 11.0 Å². The minimum absolute atomic E-state index is 0.136. The maximum Gasteiger partial charge on any atom is 0.118 e. The Morgan fingerprint density at radius 2 is 0.714 bits per heavy atom. The van der Waals surface area contributed by atoms with Crippen molar-refractivity contribution in [2.45, 2.75) is 38.5 Å². The first-order chi connectivity index (χ1) is 27.1. The number of ether oxygens (including phenoxy) is 2. The molecule has 56 heavy (non-hydrogen) atoms. The normalized spacial score (nSPS) is 14.2. The highest BCUT2D eigenvalue weighted by molar-refractivity contribution is 5.96. The molecular weight excluding hydrogens is 685 g/mol. The van der Waals surface area contributed by atoms with Crippen LogP contribution in [0.2, 0.25) is 0 Å². The Hall–Kier alpha value is -6.52. The van der Waals surface area contributed by atoms with E-state index in [9.17, 15) is 0 Å². The predicted octanol–water partition coefficient (Wildman–Crippen LogP) is 12.9. The van der Waals surface area contributed by atoms with Crippen LogP contribution in [0, 0.1) is 0 Å². The fourth-order valence-corrected chi connectivity index (χ4v) is 9.22. The summed E-state index contributed by atoms with van der Waals surface area (Å²) in [6.07, 6.45) is 0. The molecule has 0 aliphatic heterocycles. The summed E-state index contributed by atoms with van der Waals surface area (Å²) >= 11 is 0. The molecule has 0 spiro atoms. The van der Waals surface area contributed by atoms with Gasteiger partial charge in [0, 0.05) is 33.1 Å². The molecule has 0 saturated heterocycles. The first kappa shape index (κ1) is 34.0. The third kappa shape index (κ3) is 5.12. The molecule has 8 aromatic rings. The van der Waals surface area contributed by atoms with Crippen molar-refractivity contribution in [2.24, 2.45) is 0 Å². The molecule has 2 aliphatic carbocycles. The second-order valence-electron chi connectivity index (χ2n) is 16.1. The lowest BCUT2D eigenvalue weighted by Crippen LogP contribution is -2.15. The van der Waals surface area contributed by atoms with Crippen molar-refractivity contribution < 1.29 is 9.47 Å². The number of rotatable bonds is 6. The van der Waals surface area contributed by atoms with Gasteiger partial charge in [0.1, 0.15) is 11.5 Å². The smallest absolute Gasteiger partial charge is 0.118 e. The fourth-order valence-electron chi connectivity index (χ4n) is 9.22. The number of hydrogen-bond acceptors (Lipinski definition) is 4. The Kier molecular flexibility index (Phi) is 7.59. The van der Waals surface area contributed by atoms with E-state index >= 15 is 0 Å². The Morgan fingerprint density at radius 1 is 0.357 bits per heavy atom. The molecule has 2 heterocycles. The minimum Gasteiger partial charge on any atom is -0.497 e. The Morgan fingerprint density at radius 3 is 1.11 bits per heavy atom. The van der Waals surface area contributed by atoms with Gasteiger partial charge in [0.25, 0.3) is 0 Å². The number of nitrogens with zero attached hydrogens (tertiary/aromatic N) is 2. The van der Waals surface area contributed by atoms with Crippen LogP contribution in [0.5, 0.6) is 11.5 Å². The third-order valence-electron chi connectivity index (χ3n) is 12.3. The molecule has 272 valence electrons. The zero-order chi connectivity index (χ0) is 38.3. The quantitative estimate of drug-likeness (QED) is 0.171. The van der Waals surface area contributed by atoms with Crippen molar-refractivity contribution in [3.63, 3.8) is 0 Å². The van der Waals surface area contributed by atoms with Crippen LogP contribution in [0.4, 0.5) is 0 Å². The monoisotopic (exact) mass is 726 g/mol. The Bertz CT molecular complexity index is 2670. The molecule has 0 unspecified atom stereocenters. The summed E-state index contributed by atoms with van der Waals surface area (Å²) in [7, 11) is 3.40. The number of hydrogen-bond donors (Lipinski definition) is 0. The minimum atomic E-state index is -0.136. The van der Waals surface area contributed by atoms with Crippen LogP contribution in [0.3, 0.4) is 0 Å². The van der Waals surface area contributed by atoms with Crippen molar-refractivity contribution in [1.29, 1.82) is 0 Å². The molecule has 6 aromatic carbocycles. The number of benzene rings is 6. The van der Waals surface area contributed by atoms with Gasteiger partial charge in [-0.2, -0.15) is 0 Å². The van der Waals surface area contributed by atoms with E-state index in [1.54, 1.807) is 14.2 Å². The van der Waals surface area contributed by atoms with Gasteiger partial charge in [0.2, 0.25) is 0 Å². The van der Waals surface area contributed by atoms with Crippen LogP contribution in [-0.4, -0.2) is 24.2 Å². The molecule has 10 rings (SSSR count). The molecule has 0 fully saturated rings. The van der Waals surface area contributed by atoms with Gasteiger partial charge in [-0.1, -0.05) is 125 Å². The van der Waals surface area contributed by atoms with E-state index in [-0.39, 0.29) is 10.8 Å². The Labute approximate surface area is 328 Å². The maximum absolute atomic E-state index is 5.56. The lowest BCUT2D eigenvalue weighted by molar-refractivity contribution is 0.415. The lowest BCUT2D eigenvalue weighted by atomic mass is 9.81. The van der Waals surface area contributed by atoms with Gasteiger partial charge in [0.15, 0.2) is 0 Å². The summed E-state index contributed by atoms with van der Waals surface area (Å²) in [5, 5.41) is 0. The van der Waals surface area contributed by atoms with Crippen molar-refractivity contribution in [3.05, 3.63) is 168 Å². The van der Waals surface area contributed by atoms with Crippen LogP contribution in [-0.2, 0) is 10.8 Å². The summed E-state index contributed by atoms with van der Waals surface area (Å²) in [4.78, 5) is 11.1. The molecular formula is C52H42N2O2. The summed E-state index contributed by atoms with van der Waals surface area (Å²) in [6.45, 7) is 9.30. The first-order valence-electron chi connectivity index (χ1n) is 19.3. The average molecular weight is 727 g/mol. The van der Waals surface area contributed by atoms with Gasteiger partial charge in [-0.3, -0.25) is 0 Å². The molecule has 2 aliphatic rings. The summed E-state index contributed by atoms with van der Waals surface area (Å²) in [6, 6.07) is 52.3. The summed E-state index contributed by atoms with van der Waals surface area (Å²) in [5.74, 6) is 1.62. The van der Waals surface area contributed by atoms with Crippen LogP contribution in [0.15, 0.2) is 146 Å². The zero-order valence-corrected chi connectivity index (χ0v) is 32.6. The molecule has 4 nitrogen and oxygen atoms in total. The number of aromatic nitrogens is 2. The molecule has 0 radical (unpaired) electrons. The molecule has 0 bridgehead atoms. The SMILES string of the molecule is COc1ccc(-c2cc3nc(-c4ccc5c(c4)C(C)(C)c4ccccc4-5)c(-c4ccc(OC)cc4)cc3nc2-c2ccc3c(c2)C(C)(C)c2ccccc2-3)cc1. The predicted molar refractivity (Wildman–Crippen MR) is 230 cm³/mol. The molecule has 0 amide bonds. The van der Waals surface area contributed by atoms with Gasteiger partial charge in [-0.05, 0) is 104 Å². The van der Waals surface area contributed by atoms with E-state index in [2.05, 4.69) is 149 Å². The van der Waals surface area contributed by atoms with Gasteiger partial charge in [0.05, 0.1) is 36.6 Å². The topological polar surface area (TPSA) is 44.2 Å². The van der Waals surface area contributed by atoms with Gasteiger partial charge >= 0.3 is 0 Å². The van der Waals surface area contributed by atoms with E-state index in [0.29, 0.717) is 0 Å². The second-order valence-corrected chi connectivity index (χ2v) is 16.1. The lowest BCUT2D eigenvalue weighted by Gasteiger charge is -2.22. The molecule has 0 N–H and O–H groups in total. The van der Waals surface area contributed by atoms with Gasteiger partial charge in [-0.25, -0.2) is 9.97 Å². The van der Waals surface area contributed by atoms with Gasteiger partial charge in [-0.15, -0.1) is 0 Å². The van der Waals surface area contributed by atoms with E-state index in [1.165, 1.54) is 44.5 Å². The highest BCUT2D eigenvalue weighted by Gasteiger charge is 2.37. The van der Waals surface area contributed by atoms with E-state index < -0.39 is 0 Å². The van der Waals surface area contributed by atoms with Crippen LogP contribution < -0.4 is 9.47 Å². The molecule has 0 saturated carbocycles. The number of methoxy groups -OCH3 is 2.